The van der Waals surface area contributed by atoms with E-state index in [0.29, 0.717) is 17.3 Å². The summed E-state index contributed by atoms with van der Waals surface area (Å²) in [5, 5.41) is 21.5. The predicted molar refractivity (Wildman–Crippen MR) is 120 cm³/mol. The third-order valence-electron chi connectivity index (χ3n) is 4.28. The van der Waals surface area contributed by atoms with Crippen LogP contribution in [0, 0.1) is 20.2 Å². The van der Waals surface area contributed by atoms with Crippen LogP contribution in [0.3, 0.4) is 0 Å². The number of benzene rings is 2. The first kappa shape index (κ1) is 24.4. The summed E-state index contributed by atoms with van der Waals surface area (Å²) in [7, 11) is 0. The molecule has 176 valence electrons. The van der Waals surface area contributed by atoms with Crippen molar-refractivity contribution in [2.45, 2.75) is 20.0 Å². The van der Waals surface area contributed by atoms with Crippen LogP contribution in [0.4, 0.5) is 16.2 Å². The number of ether oxygens (including phenoxy) is 2. The van der Waals surface area contributed by atoms with Crippen molar-refractivity contribution in [3.05, 3.63) is 73.2 Å². The lowest BCUT2D eigenvalue weighted by Gasteiger charge is -2.13. The summed E-state index contributed by atoms with van der Waals surface area (Å²) >= 11 is 0.683. The van der Waals surface area contributed by atoms with E-state index in [0.717, 1.165) is 23.1 Å². The number of rotatable bonds is 8. The zero-order valence-corrected chi connectivity index (χ0v) is 18.6. The number of esters is 1. The number of non-ortho nitro benzene ring substituents is 1. The van der Waals surface area contributed by atoms with E-state index in [4.69, 9.17) is 9.47 Å². The van der Waals surface area contributed by atoms with Crippen LogP contribution in [-0.4, -0.2) is 44.5 Å². The molecule has 3 rings (SSSR count). The van der Waals surface area contributed by atoms with E-state index < -0.39 is 44.9 Å². The number of thioether (sulfide) groups is 1. The highest BCUT2D eigenvalue weighted by Crippen LogP contribution is 2.35. The predicted octanol–water partition coefficient (Wildman–Crippen LogP) is 4.28. The van der Waals surface area contributed by atoms with Crippen LogP contribution in [0.5, 0.6) is 11.5 Å². The Morgan fingerprint density at radius 2 is 1.76 bits per heavy atom. The molecule has 0 radical (unpaired) electrons. The Kier molecular flexibility index (Phi) is 7.26. The molecule has 12 nitrogen and oxygen atoms in total. The molecule has 0 N–H and O–H groups in total. The monoisotopic (exact) mass is 487 g/mol. The van der Waals surface area contributed by atoms with Crippen molar-refractivity contribution < 1.29 is 33.7 Å². The van der Waals surface area contributed by atoms with Crippen molar-refractivity contribution in [1.29, 1.82) is 0 Å². The van der Waals surface area contributed by atoms with Crippen molar-refractivity contribution in [2.24, 2.45) is 0 Å². The molecule has 0 spiro atoms. The molecule has 34 heavy (non-hydrogen) atoms. The minimum atomic E-state index is -0.788. The van der Waals surface area contributed by atoms with Crippen molar-refractivity contribution >= 4 is 46.3 Å². The number of nitro groups is 2. The maximum atomic E-state index is 12.5. The highest BCUT2D eigenvalue weighted by Gasteiger charge is 2.36. The van der Waals surface area contributed by atoms with Crippen LogP contribution >= 0.6 is 11.8 Å². The van der Waals surface area contributed by atoms with Crippen molar-refractivity contribution in [1.82, 2.24) is 4.90 Å². The van der Waals surface area contributed by atoms with Gasteiger partial charge in [0.2, 0.25) is 5.75 Å². The van der Waals surface area contributed by atoms with Gasteiger partial charge in [-0.1, -0.05) is 12.1 Å². The molecule has 2 amide bonds. The van der Waals surface area contributed by atoms with E-state index in [1.807, 2.05) is 0 Å². The number of carbonyl (C=O) groups is 3. The molecule has 0 unspecified atom stereocenters. The fraction of sp³-hybridized carbons (Fsp3) is 0.190. The third-order valence-corrected chi connectivity index (χ3v) is 5.19. The van der Waals surface area contributed by atoms with Gasteiger partial charge in [0.25, 0.3) is 16.8 Å². The maximum Gasteiger partial charge on any atom is 0.326 e. The minimum Gasteiger partial charge on any atom is -0.462 e. The molecule has 0 atom stereocenters. The molecule has 0 aliphatic carbocycles. The lowest BCUT2D eigenvalue weighted by molar-refractivity contribution is -0.394. The van der Waals surface area contributed by atoms with Gasteiger partial charge in [0.15, 0.2) is 0 Å². The van der Waals surface area contributed by atoms with Gasteiger partial charge in [0.05, 0.1) is 26.9 Å². The average molecular weight is 487 g/mol. The quantitative estimate of drug-likeness (QED) is 0.227. The highest BCUT2D eigenvalue weighted by molar-refractivity contribution is 8.18. The first-order chi connectivity index (χ1) is 16.0. The highest BCUT2D eigenvalue weighted by atomic mass is 32.2. The Labute approximate surface area is 196 Å². The van der Waals surface area contributed by atoms with Gasteiger partial charge in [0.1, 0.15) is 12.3 Å². The lowest BCUT2D eigenvalue weighted by atomic mass is 10.2. The van der Waals surface area contributed by atoms with Gasteiger partial charge in [-0.25, -0.2) is 0 Å². The van der Waals surface area contributed by atoms with E-state index in [1.54, 1.807) is 26.0 Å². The Balaban J connectivity index is 1.73. The number of nitro benzene ring substituents is 2. The molecule has 1 saturated heterocycles. The number of imide groups is 1. The summed E-state index contributed by atoms with van der Waals surface area (Å²) in [4.78, 5) is 57.9. The SMILES string of the molecule is CC(C)OC(=O)CN1C(=O)S/C(=C\c2ccc(Oc3ccc([N+](=O)[O-])cc3[N+](=O)[O-])cc2)C1=O. The zero-order chi connectivity index (χ0) is 25.0. The van der Waals surface area contributed by atoms with Crippen LogP contribution in [0.15, 0.2) is 47.4 Å². The van der Waals surface area contributed by atoms with Crippen LogP contribution in [0.25, 0.3) is 6.08 Å². The molecule has 13 heteroatoms. The molecule has 1 heterocycles. The van der Waals surface area contributed by atoms with Crippen LogP contribution in [0.2, 0.25) is 0 Å². The third kappa shape index (κ3) is 5.75. The summed E-state index contributed by atoms with van der Waals surface area (Å²) in [6.45, 7) is 2.82. The van der Waals surface area contributed by atoms with E-state index in [9.17, 15) is 34.6 Å². The standard InChI is InChI=1S/C21H17N3O9S/c1-12(2)32-19(25)11-22-20(26)18(34-21(22)27)9-13-3-6-15(7-4-13)33-17-8-5-14(23(28)29)10-16(17)24(30)31/h3-10,12H,11H2,1-2H3/b18-9-. The van der Waals surface area contributed by atoms with Crippen molar-refractivity contribution in [2.75, 3.05) is 6.54 Å². The molecule has 0 saturated carbocycles. The smallest absolute Gasteiger partial charge is 0.326 e. The Hall–Kier alpha value is -4.26. The van der Waals surface area contributed by atoms with Gasteiger partial charge in [-0.05, 0) is 55.4 Å². The fourth-order valence-electron chi connectivity index (χ4n) is 2.82. The van der Waals surface area contributed by atoms with Crippen LogP contribution < -0.4 is 4.74 Å². The van der Waals surface area contributed by atoms with E-state index in [2.05, 4.69) is 0 Å². The van der Waals surface area contributed by atoms with Crippen LogP contribution in [0.1, 0.15) is 19.4 Å². The summed E-state index contributed by atoms with van der Waals surface area (Å²) in [5.41, 5.74) is -0.482. The van der Waals surface area contributed by atoms with Gasteiger partial charge >= 0.3 is 11.7 Å². The van der Waals surface area contributed by atoms with Crippen molar-refractivity contribution in [3.8, 4) is 11.5 Å². The molecular formula is C21H17N3O9S. The first-order valence-electron chi connectivity index (χ1n) is 9.70. The topological polar surface area (TPSA) is 159 Å². The largest absolute Gasteiger partial charge is 0.462 e. The Morgan fingerprint density at radius 3 is 2.35 bits per heavy atom. The normalized spacial score (nSPS) is 14.6. The molecule has 2 aromatic rings. The van der Waals surface area contributed by atoms with Crippen molar-refractivity contribution in [3.63, 3.8) is 0 Å². The molecule has 0 bridgehead atoms. The molecule has 0 aromatic heterocycles. The second-order valence-electron chi connectivity index (χ2n) is 7.14. The molecule has 1 aliphatic rings. The van der Waals surface area contributed by atoms with Gasteiger partial charge < -0.3 is 9.47 Å². The number of hydrogen-bond donors (Lipinski definition) is 0. The van der Waals surface area contributed by atoms with Crippen LogP contribution in [-0.2, 0) is 14.3 Å². The Morgan fingerprint density at radius 1 is 1.09 bits per heavy atom. The number of nitrogens with zero attached hydrogens (tertiary/aromatic N) is 3. The maximum absolute atomic E-state index is 12.5. The summed E-state index contributed by atoms with van der Waals surface area (Å²) < 4.78 is 10.5. The van der Waals surface area contributed by atoms with Gasteiger partial charge in [0, 0.05) is 6.07 Å². The second kappa shape index (κ2) is 10.1. The fourth-order valence-corrected chi connectivity index (χ4v) is 3.66. The number of carbonyl (C=O) groups excluding carboxylic acids is 3. The number of hydrogen-bond acceptors (Lipinski definition) is 10. The van der Waals surface area contributed by atoms with E-state index >= 15 is 0 Å². The molecular weight excluding hydrogens is 470 g/mol. The summed E-state index contributed by atoms with van der Waals surface area (Å²) in [5.74, 6) is -1.30. The zero-order valence-electron chi connectivity index (χ0n) is 17.8. The average Bonchev–Trinajstić information content (AvgIpc) is 3.01. The lowest BCUT2D eigenvalue weighted by Crippen LogP contribution is -2.35. The van der Waals surface area contributed by atoms with Gasteiger partial charge in [-0.2, -0.15) is 0 Å². The minimum absolute atomic E-state index is 0.113. The summed E-state index contributed by atoms with van der Waals surface area (Å²) in [6.07, 6.45) is 1.08. The van der Waals surface area contributed by atoms with E-state index in [-0.39, 0.29) is 22.5 Å². The second-order valence-corrected chi connectivity index (χ2v) is 8.14. The summed E-state index contributed by atoms with van der Waals surface area (Å²) in [6, 6.07) is 9.06. The van der Waals surface area contributed by atoms with E-state index in [1.165, 1.54) is 18.2 Å². The number of amides is 2. The molecule has 1 fully saturated rings. The van der Waals surface area contributed by atoms with Gasteiger partial charge in [-0.3, -0.25) is 39.5 Å². The van der Waals surface area contributed by atoms with Gasteiger partial charge in [-0.15, -0.1) is 0 Å². The first-order valence-corrected chi connectivity index (χ1v) is 10.5. The molecule has 1 aliphatic heterocycles. The molecule has 2 aromatic carbocycles. The Bertz CT molecular complexity index is 1210.